The van der Waals surface area contributed by atoms with Gasteiger partial charge in [-0.3, -0.25) is 0 Å². The number of benzene rings is 8. The third-order valence-corrected chi connectivity index (χ3v) is 11.3. The molecule has 0 aliphatic rings. The van der Waals surface area contributed by atoms with Gasteiger partial charge in [-0.25, -0.2) is 19.9 Å². The van der Waals surface area contributed by atoms with E-state index in [1.807, 2.05) is 66.7 Å². The summed E-state index contributed by atoms with van der Waals surface area (Å²) in [4.78, 5) is 20.0. The Bertz CT molecular complexity index is 3590. The summed E-state index contributed by atoms with van der Waals surface area (Å²) in [7, 11) is 0. The number of hydrogen-bond donors (Lipinski definition) is 0. The molecular formula is C52H30N4O2. The lowest BCUT2D eigenvalue weighted by molar-refractivity contribution is 0.654. The van der Waals surface area contributed by atoms with Crippen LogP contribution >= 0.6 is 0 Å². The molecule has 0 N–H and O–H groups in total. The van der Waals surface area contributed by atoms with Crippen LogP contribution in [0.4, 0.5) is 0 Å². The van der Waals surface area contributed by atoms with Crippen molar-refractivity contribution in [2.45, 2.75) is 0 Å². The van der Waals surface area contributed by atoms with Crippen LogP contribution in [0.25, 0.3) is 122 Å². The Hall–Kier alpha value is -7.96. The van der Waals surface area contributed by atoms with Gasteiger partial charge in [0.25, 0.3) is 0 Å². The molecule has 0 unspecified atom stereocenters. The van der Waals surface area contributed by atoms with E-state index in [4.69, 9.17) is 23.8 Å². The second-order valence-electron chi connectivity index (χ2n) is 14.5. The summed E-state index contributed by atoms with van der Waals surface area (Å²) < 4.78 is 12.5. The van der Waals surface area contributed by atoms with Crippen molar-refractivity contribution in [3.63, 3.8) is 0 Å². The van der Waals surface area contributed by atoms with Crippen LogP contribution in [0.2, 0.25) is 0 Å². The van der Waals surface area contributed by atoms with Crippen molar-refractivity contribution < 1.29 is 8.83 Å². The lowest BCUT2D eigenvalue weighted by Crippen LogP contribution is -2.01. The predicted octanol–water partition coefficient (Wildman–Crippen LogP) is 13.7. The number of para-hydroxylation sites is 2. The summed E-state index contributed by atoms with van der Waals surface area (Å²) in [5, 5.41) is 8.59. The lowest BCUT2D eigenvalue weighted by Gasteiger charge is -2.16. The minimum atomic E-state index is 0.546. The minimum Gasteiger partial charge on any atom is -0.456 e. The molecule has 58 heavy (non-hydrogen) atoms. The SMILES string of the molecule is c1ccc(-c2nc(-c3ccc(-c4ccc(-c5cccc6oc7ccccc7c56)c5ccccc45)c4ccccc34)nc(-c3ccnc4oc5ccccc5c34)n2)cc1. The third-order valence-electron chi connectivity index (χ3n) is 11.3. The fraction of sp³-hybridized carbons (Fsp3) is 0. The van der Waals surface area contributed by atoms with Crippen molar-refractivity contribution in [3.8, 4) is 56.4 Å². The summed E-state index contributed by atoms with van der Waals surface area (Å²) in [5.41, 5.74) is 10.4. The van der Waals surface area contributed by atoms with E-state index in [9.17, 15) is 0 Å². The molecule has 270 valence electrons. The van der Waals surface area contributed by atoms with Crippen molar-refractivity contribution >= 4 is 65.6 Å². The molecule has 0 saturated carbocycles. The summed E-state index contributed by atoms with van der Waals surface area (Å²) in [6, 6.07) is 60.7. The van der Waals surface area contributed by atoms with E-state index in [2.05, 4.69) is 114 Å². The molecule has 0 aliphatic heterocycles. The molecule has 6 nitrogen and oxygen atoms in total. The van der Waals surface area contributed by atoms with Crippen LogP contribution in [0.3, 0.4) is 0 Å². The summed E-state index contributed by atoms with van der Waals surface area (Å²) in [6.07, 6.45) is 1.75. The molecule has 0 atom stereocenters. The van der Waals surface area contributed by atoms with E-state index in [-0.39, 0.29) is 0 Å². The average Bonchev–Trinajstić information content (AvgIpc) is 3.87. The molecule has 4 heterocycles. The highest BCUT2D eigenvalue weighted by molar-refractivity contribution is 6.18. The Kier molecular flexibility index (Phi) is 7.13. The van der Waals surface area contributed by atoms with Crippen molar-refractivity contribution in [3.05, 3.63) is 182 Å². The second kappa shape index (κ2) is 12.8. The van der Waals surface area contributed by atoms with E-state index in [0.29, 0.717) is 23.2 Å². The molecule has 0 spiro atoms. The quantitative estimate of drug-likeness (QED) is 0.175. The number of hydrogen-bond acceptors (Lipinski definition) is 6. The first-order chi connectivity index (χ1) is 28.8. The molecule has 0 bridgehead atoms. The van der Waals surface area contributed by atoms with Crippen molar-refractivity contribution in [1.82, 2.24) is 19.9 Å². The van der Waals surface area contributed by atoms with E-state index in [0.717, 1.165) is 82.4 Å². The maximum atomic E-state index is 6.29. The zero-order chi connectivity index (χ0) is 38.2. The van der Waals surface area contributed by atoms with E-state index in [1.165, 1.54) is 16.3 Å². The van der Waals surface area contributed by atoms with Gasteiger partial charge in [-0.2, -0.15) is 0 Å². The van der Waals surface area contributed by atoms with E-state index >= 15 is 0 Å². The lowest BCUT2D eigenvalue weighted by atomic mass is 9.88. The zero-order valence-corrected chi connectivity index (χ0v) is 30.9. The van der Waals surface area contributed by atoms with Gasteiger partial charge in [-0.15, -0.1) is 0 Å². The number of pyridine rings is 1. The highest BCUT2D eigenvalue weighted by Crippen LogP contribution is 2.44. The number of furan rings is 2. The highest BCUT2D eigenvalue weighted by Gasteiger charge is 2.21. The molecule has 8 aromatic carbocycles. The Morgan fingerprint density at radius 1 is 0.293 bits per heavy atom. The molecular weight excluding hydrogens is 713 g/mol. The topological polar surface area (TPSA) is 77.8 Å². The first-order valence-electron chi connectivity index (χ1n) is 19.3. The Morgan fingerprint density at radius 2 is 0.776 bits per heavy atom. The summed E-state index contributed by atoms with van der Waals surface area (Å²) in [5.74, 6) is 1.73. The normalized spacial score (nSPS) is 11.8. The van der Waals surface area contributed by atoms with Crippen LogP contribution in [-0.4, -0.2) is 19.9 Å². The van der Waals surface area contributed by atoms with Crippen LogP contribution < -0.4 is 0 Å². The second-order valence-corrected chi connectivity index (χ2v) is 14.5. The molecule has 0 radical (unpaired) electrons. The summed E-state index contributed by atoms with van der Waals surface area (Å²) >= 11 is 0. The van der Waals surface area contributed by atoms with Crippen LogP contribution in [0.1, 0.15) is 0 Å². The molecule has 0 aliphatic carbocycles. The van der Waals surface area contributed by atoms with Gasteiger partial charge >= 0.3 is 0 Å². The Labute approximate surface area is 331 Å². The zero-order valence-electron chi connectivity index (χ0n) is 30.9. The van der Waals surface area contributed by atoms with Crippen LogP contribution in [0.5, 0.6) is 0 Å². The highest BCUT2D eigenvalue weighted by atomic mass is 16.3. The van der Waals surface area contributed by atoms with Crippen molar-refractivity contribution in [2.24, 2.45) is 0 Å². The molecule has 4 aromatic heterocycles. The fourth-order valence-electron chi connectivity index (χ4n) is 8.66. The first-order valence-corrected chi connectivity index (χ1v) is 19.3. The molecule has 0 fully saturated rings. The molecule has 0 amide bonds. The first kappa shape index (κ1) is 32.3. The largest absolute Gasteiger partial charge is 0.456 e. The van der Waals surface area contributed by atoms with Gasteiger partial charge in [-0.1, -0.05) is 146 Å². The van der Waals surface area contributed by atoms with Gasteiger partial charge in [0.15, 0.2) is 17.5 Å². The van der Waals surface area contributed by atoms with Crippen molar-refractivity contribution in [1.29, 1.82) is 0 Å². The van der Waals surface area contributed by atoms with E-state index < -0.39 is 0 Å². The van der Waals surface area contributed by atoms with Crippen LogP contribution in [0, 0.1) is 0 Å². The monoisotopic (exact) mass is 742 g/mol. The number of rotatable bonds is 5. The van der Waals surface area contributed by atoms with E-state index in [1.54, 1.807) is 6.20 Å². The minimum absolute atomic E-state index is 0.546. The fourth-order valence-corrected chi connectivity index (χ4v) is 8.66. The summed E-state index contributed by atoms with van der Waals surface area (Å²) in [6.45, 7) is 0. The van der Waals surface area contributed by atoms with Gasteiger partial charge < -0.3 is 8.83 Å². The standard InChI is InChI=1S/C52H30N4O2/c1-2-13-31(14-3-1)49-54-50(56-51(55-49)43-29-30-53-52-48(43)42-20-9-11-23-45(42)58-52)40-28-27-37(34-17-6-7-18-35(34)40)36-25-26-38(33-16-5-4-15-32(33)36)39-21-12-24-46-47(39)41-19-8-10-22-44(41)57-46/h1-30H. The number of aromatic nitrogens is 4. The number of fused-ring (bicyclic) bond motifs is 8. The average molecular weight is 743 g/mol. The van der Waals surface area contributed by atoms with Crippen LogP contribution in [0.15, 0.2) is 191 Å². The molecule has 6 heteroatoms. The van der Waals surface area contributed by atoms with Gasteiger partial charge in [0, 0.05) is 39.0 Å². The predicted molar refractivity (Wildman–Crippen MR) is 234 cm³/mol. The Morgan fingerprint density at radius 3 is 1.45 bits per heavy atom. The van der Waals surface area contributed by atoms with Gasteiger partial charge in [-0.05, 0) is 74.1 Å². The maximum absolute atomic E-state index is 6.29. The van der Waals surface area contributed by atoms with Gasteiger partial charge in [0.1, 0.15) is 16.7 Å². The van der Waals surface area contributed by atoms with Gasteiger partial charge in [0.05, 0.1) is 5.39 Å². The third kappa shape index (κ3) is 4.98. The van der Waals surface area contributed by atoms with Crippen LogP contribution in [-0.2, 0) is 0 Å². The molecule has 0 saturated heterocycles. The smallest absolute Gasteiger partial charge is 0.228 e. The number of nitrogens with zero attached hydrogens (tertiary/aromatic N) is 4. The van der Waals surface area contributed by atoms with Gasteiger partial charge in [0.2, 0.25) is 5.71 Å². The molecule has 12 rings (SSSR count). The molecule has 12 aromatic rings. The van der Waals surface area contributed by atoms with Crippen molar-refractivity contribution in [2.75, 3.05) is 0 Å². The Balaban J connectivity index is 1.06. The maximum Gasteiger partial charge on any atom is 0.228 e.